The molecular weight excluding hydrogens is 199 g/mol. The van der Waals surface area contributed by atoms with E-state index < -0.39 is 11.7 Å². The van der Waals surface area contributed by atoms with E-state index in [1.54, 1.807) is 0 Å². The number of guanidine groups is 1. The fourth-order valence-electron chi connectivity index (χ4n) is 1.02. The SMILES string of the molecule is O=C(NC1=N[N]C=N1)c1ccc(F)cc1. The summed E-state index contributed by atoms with van der Waals surface area (Å²) in [6, 6.07) is 5.17. The van der Waals surface area contributed by atoms with E-state index in [4.69, 9.17) is 0 Å². The van der Waals surface area contributed by atoms with Crippen molar-refractivity contribution in [3.8, 4) is 0 Å². The second-order valence-electron chi connectivity index (χ2n) is 2.74. The summed E-state index contributed by atoms with van der Waals surface area (Å²) in [4.78, 5) is 15.2. The second kappa shape index (κ2) is 3.87. The third-order valence-corrected chi connectivity index (χ3v) is 1.72. The van der Waals surface area contributed by atoms with Gasteiger partial charge in [-0.3, -0.25) is 10.1 Å². The summed E-state index contributed by atoms with van der Waals surface area (Å²) < 4.78 is 12.6. The zero-order chi connectivity index (χ0) is 10.7. The zero-order valence-electron chi connectivity index (χ0n) is 7.51. The van der Waals surface area contributed by atoms with Crippen molar-refractivity contribution < 1.29 is 9.18 Å². The van der Waals surface area contributed by atoms with Gasteiger partial charge >= 0.3 is 0 Å². The van der Waals surface area contributed by atoms with Crippen LogP contribution in [-0.2, 0) is 0 Å². The normalized spacial score (nSPS) is 13.3. The van der Waals surface area contributed by atoms with Crippen molar-refractivity contribution in [2.45, 2.75) is 0 Å². The third kappa shape index (κ3) is 2.16. The van der Waals surface area contributed by atoms with Gasteiger partial charge in [-0.2, -0.15) is 4.99 Å². The van der Waals surface area contributed by atoms with Crippen molar-refractivity contribution in [1.29, 1.82) is 0 Å². The van der Waals surface area contributed by atoms with Crippen molar-refractivity contribution in [1.82, 2.24) is 10.7 Å². The molecule has 6 heteroatoms. The average molecular weight is 205 g/mol. The summed E-state index contributed by atoms with van der Waals surface area (Å²) in [5.41, 5.74) is 3.78. The molecule has 0 spiro atoms. The molecule has 0 atom stereocenters. The Morgan fingerprint density at radius 2 is 2.00 bits per heavy atom. The van der Waals surface area contributed by atoms with Crippen molar-refractivity contribution in [3.63, 3.8) is 0 Å². The minimum absolute atomic E-state index is 0.129. The van der Waals surface area contributed by atoms with Gasteiger partial charge < -0.3 is 0 Å². The molecule has 0 bridgehead atoms. The van der Waals surface area contributed by atoms with Crippen LogP contribution in [0.5, 0.6) is 0 Å². The predicted octanol–water partition coefficient (Wildman–Crippen LogP) is 0.473. The van der Waals surface area contributed by atoms with Gasteiger partial charge in [-0.05, 0) is 24.3 Å². The lowest BCUT2D eigenvalue weighted by molar-refractivity contribution is 0.0976. The number of carbonyl (C=O) groups excluding carboxylic acids is 1. The highest BCUT2D eigenvalue weighted by Crippen LogP contribution is 2.02. The van der Waals surface area contributed by atoms with E-state index in [0.29, 0.717) is 5.56 Å². The van der Waals surface area contributed by atoms with Crippen molar-refractivity contribution in [2.24, 2.45) is 10.1 Å². The van der Waals surface area contributed by atoms with Gasteiger partial charge in [-0.15, -0.1) is 10.5 Å². The van der Waals surface area contributed by atoms with Crippen LogP contribution in [0.3, 0.4) is 0 Å². The van der Waals surface area contributed by atoms with E-state index in [0.717, 1.165) is 0 Å². The van der Waals surface area contributed by atoms with Crippen LogP contribution in [-0.4, -0.2) is 18.2 Å². The summed E-state index contributed by atoms with van der Waals surface area (Å²) in [6.07, 6.45) is 1.22. The van der Waals surface area contributed by atoms with E-state index >= 15 is 0 Å². The first-order valence-corrected chi connectivity index (χ1v) is 4.13. The summed E-state index contributed by atoms with van der Waals surface area (Å²) in [5, 5.41) is 5.94. The molecule has 2 rings (SSSR count). The average Bonchev–Trinajstić information content (AvgIpc) is 2.71. The first-order chi connectivity index (χ1) is 7.25. The molecule has 15 heavy (non-hydrogen) atoms. The van der Waals surface area contributed by atoms with E-state index in [1.165, 1.54) is 30.6 Å². The fraction of sp³-hybridized carbons (Fsp3) is 0. The number of hydrogen-bond acceptors (Lipinski definition) is 3. The van der Waals surface area contributed by atoms with Gasteiger partial charge in [0.2, 0.25) is 0 Å². The maximum atomic E-state index is 12.6. The van der Waals surface area contributed by atoms with Gasteiger partial charge in [0, 0.05) is 5.56 Å². The minimum atomic E-state index is -0.400. The Morgan fingerprint density at radius 1 is 1.27 bits per heavy atom. The molecule has 0 aromatic heterocycles. The Kier molecular flexibility index (Phi) is 2.40. The molecule has 1 N–H and O–H groups in total. The monoisotopic (exact) mass is 205 g/mol. The number of rotatable bonds is 1. The maximum Gasteiger partial charge on any atom is 0.258 e. The molecule has 1 aromatic rings. The molecule has 1 heterocycles. The highest BCUT2D eigenvalue weighted by molar-refractivity contribution is 6.08. The molecule has 0 saturated heterocycles. The molecular formula is C9H6FN4O. The number of amides is 1. The van der Waals surface area contributed by atoms with Crippen molar-refractivity contribution in [3.05, 3.63) is 35.6 Å². The van der Waals surface area contributed by atoms with Crippen LogP contribution in [0, 0.1) is 5.82 Å². The predicted molar refractivity (Wildman–Crippen MR) is 51.9 cm³/mol. The Balaban J connectivity index is 2.07. The number of nitrogens with zero attached hydrogens (tertiary/aromatic N) is 3. The molecule has 0 saturated carbocycles. The summed E-state index contributed by atoms with van der Waals surface area (Å²) in [7, 11) is 0. The highest BCUT2D eigenvalue weighted by Gasteiger charge is 2.09. The zero-order valence-corrected chi connectivity index (χ0v) is 7.51. The molecule has 5 nitrogen and oxygen atoms in total. The van der Waals surface area contributed by atoms with Gasteiger partial charge in [0.05, 0.1) is 0 Å². The Morgan fingerprint density at radius 3 is 2.60 bits per heavy atom. The van der Waals surface area contributed by atoms with E-state index in [9.17, 15) is 9.18 Å². The molecule has 1 radical (unpaired) electrons. The first-order valence-electron chi connectivity index (χ1n) is 4.13. The molecule has 1 amide bonds. The largest absolute Gasteiger partial charge is 0.289 e. The highest BCUT2D eigenvalue weighted by atomic mass is 19.1. The molecule has 0 fully saturated rings. The molecule has 75 valence electrons. The molecule has 0 unspecified atom stereocenters. The van der Waals surface area contributed by atoms with E-state index in [-0.39, 0.29) is 5.96 Å². The topological polar surface area (TPSA) is 67.9 Å². The number of nitrogens with one attached hydrogen (secondary N) is 1. The van der Waals surface area contributed by atoms with Gasteiger partial charge in [0.15, 0.2) is 0 Å². The minimum Gasteiger partial charge on any atom is -0.289 e. The lowest BCUT2D eigenvalue weighted by atomic mass is 10.2. The summed E-state index contributed by atoms with van der Waals surface area (Å²) in [5.74, 6) is -0.662. The molecule has 1 aliphatic heterocycles. The van der Waals surface area contributed by atoms with Crippen LogP contribution in [0.25, 0.3) is 0 Å². The fourth-order valence-corrected chi connectivity index (χ4v) is 1.02. The number of benzene rings is 1. The summed E-state index contributed by atoms with van der Waals surface area (Å²) >= 11 is 0. The standard InChI is InChI=1S/C9H6FN4O/c10-7-3-1-6(2-4-7)8(15)13-9-11-5-12-14-9/h1-5H,(H,13,14,15). The summed E-state index contributed by atoms with van der Waals surface area (Å²) in [6.45, 7) is 0. The maximum absolute atomic E-state index is 12.6. The van der Waals surface area contributed by atoms with Gasteiger partial charge in [0.1, 0.15) is 12.2 Å². The van der Waals surface area contributed by atoms with Crippen LogP contribution in [0.4, 0.5) is 4.39 Å². The van der Waals surface area contributed by atoms with Crippen LogP contribution < -0.4 is 10.7 Å². The number of hydrogen-bond donors (Lipinski definition) is 1. The Bertz CT molecular complexity index is 438. The van der Waals surface area contributed by atoms with Crippen LogP contribution in [0.15, 0.2) is 34.4 Å². The first kappa shape index (κ1) is 9.32. The molecule has 1 aromatic carbocycles. The number of carbonyl (C=O) groups is 1. The quantitative estimate of drug-likeness (QED) is 0.711. The van der Waals surface area contributed by atoms with Gasteiger partial charge in [-0.25, -0.2) is 4.39 Å². The lowest BCUT2D eigenvalue weighted by Crippen LogP contribution is -2.28. The third-order valence-electron chi connectivity index (χ3n) is 1.72. The molecule has 1 aliphatic rings. The molecule has 0 aliphatic carbocycles. The Hall–Kier alpha value is -2.24. The van der Waals surface area contributed by atoms with Gasteiger partial charge in [0.25, 0.3) is 11.9 Å². The van der Waals surface area contributed by atoms with E-state index in [1.807, 2.05) is 0 Å². The van der Waals surface area contributed by atoms with Crippen LogP contribution in [0.2, 0.25) is 0 Å². The smallest absolute Gasteiger partial charge is 0.258 e. The van der Waals surface area contributed by atoms with Crippen LogP contribution in [0.1, 0.15) is 10.4 Å². The number of aliphatic imine (C=N–C) groups is 1. The van der Waals surface area contributed by atoms with E-state index in [2.05, 4.69) is 20.8 Å². The lowest BCUT2D eigenvalue weighted by Gasteiger charge is -2.00. The second-order valence-corrected chi connectivity index (χ2v) is 2.74. The Labute approximate surface area is 84.7 Å². The van der Waals surface area contributed by atoms with Crippen molar-refractivity contribution in [2.75, 3.05) is 0 Å². The van der Waals surface area contributed by atoms with Crippen molar-refractivity contribution >= 4 is 18.2 Å². The van der Waals surface area contributed by atoms with Crippen LogP contribution >= 0.6 is 0 Å². The van der Waals surface area contributed by atoms with Gasteiger partial charge in [-0.1, -0.05) is 0 Å². The number of halogens is 1.